The Balaban J connectivity index is 2.25. The predicted molar refractivity (Wildman–Crippen MR) is 77.7 cm³/mol. The van der Waals surface area contributed by atoms with Crippen molar-refractivity contribution in [2.45, 2.75) is 6.92 Å². The van der Waals surface area contributed by atoms with Gasteiger partial charge in [-0.1, -0.05) is 48.5 Å². The van der Waals surface area contributed by atoms with Crippen molar-refractivity contribution in [3.63, 3.8) is 0 Å². The molecule has 0 aliphatic heterocycles. The highest BCUT2D eigenvalue weighted by Gasteiger charge is 2.11. The number of aryl methyl sites for hydroxylation is 1. The van der Waals surface area contributed by atoms with E-state index in [2.05, 4.69) is 54.4 Å². The Bertz CT molecular complexity index is 642. The zero-order chi connectivity index (χ0) is 12.4. The molecule has 0 N–H and O–H groups in total. The van der Waals surface area contributed by atoms with Crippen LogP contribution in [0.3, 0.4) is 0 Å². The Kier molecular flexibility index (Phi) is 2.95. The predicted octanol–water partition coefficient (Wildman–Crippen LogP) is 4.79. The Morgan fingerprint density at radius 1 is 0.944 bits per heavy atom. The Hall–Kier alpha value is -1.93. The monoisotopic (exact) mass is 251 g/mol. The highest BCUT2D eigenvalue weighted by Crippen LogP contribution is 2.35. The molecule has 0 fully saturated rings. The normalized spacial score (nSPS) is 10.5. The zero-order valence-corrected chi connectivity index (χ0v) is 10.9. The smallest absolute Gasteiger partial charge is 0.124 e. The molecule has 2 heteroatoms. The van der Waals surface area contributed by atoms with Crippen molar-refractivity contribution in [2.24, 2.45) is 0 Å². The maximum absolute atomic E-state index is 4.45. The summed E-state index contributed by atoms with van der Waals surface area (Å²) in [6, 6.07) is 16.9. The molecule has 0 radical (unpaired) electrons. The van der Waals surface area contributed by atoms with Crippen LogP contribution in [0.25, 0.3) is 21.7 Å². The minimum atomic E-state index is 1.09. The van der Waals surface area contributed by atoms with Crippen molar-refractivity contribution in [1.29, 1.82) is 0 Å². The molecule has 0 spiro atoms. The minimum absolute atomic E-state index is 1.09. The van der Waals surface area contributed by atoms with Crippen LogP contribution in [0.5, 0.6) is 0 Å². The van der Waals surface area contributed by atoms with Crippen molar-refractivity contribution in [1.82, 2.24) is 4.98 Å². The average molecular weight is 251 g/mol. The molecule has 0 atom stereocenters. The van der Waals surface area contributed by atoms with Gasteiger partial charge in [-0.2, -0.15) is 0 Å². The second-order valence-electron chi connectivity index (χ2n) is 4.20. The first-order valence-electron chi connectivity index (χ1n) is 5.91. The van der Waals surface area contributed by atoms with E-state index in [1.165, 1.54) is 22.3 Å². The molecule has 3 aromatic rings. The van der Waals surface area contributed by atoms with E-state index in [9.17, 15) is 0 Å². The van der Waals surface area contributed by atoms with E-state index in [-0.39, 0.29) is 0 Å². The molecule has 1 aromatic heterocycles. The largest absolute Gasteiger partial charge is 0.245 e. The fourth-order valence-corrected chi connectivity index (χ4v) is 2.92. The van der Waals surface area contributed by atoms with Crippen molar-refractivity contribution in [3.8, 4) is 21.7 Å². The molecule has 0 aliphatic carbocycles. The molecular formula is C16H13NS. The van der Waals surface area contributed by atoms with Crippen molar-refractivity contribution in [2.75, 3.05) is 0 Å². The summed E-state index contributed by atoms with van der Waals surface area (Å²) in [6.45, 7) is 2.14. The number of nitrogens with zero attached hydrogens (tertiary/aromatic N) is 1. The van der Waals surface area contributed by atoms with Gasteiger partial charge in [-0.15, -0.1) is 11.3 Å². The topological polar surface area (TPSA) is 12.9 Å². The number of rotatable bonds is 2. The molecule has 0 unspecified atom stereocenters. The van der Waals surface area contributed by atoms with E-state index >= 15 is 0 Å². The summed E-state index contributed by atoms with van der Waals surface area (Å²) in [5.74, 6) is 0. The van der Waals surface area contributed by atoms with Gasteiger partial charge in [0.25, 0.3) is 0 Å². The van der Waals surface area contributed by atoms with Crippen molar-refractivity contribution in [3.05, 3.63) is 65.7 Å². The highest BCUT2D eigenvalue weighted by atomic mass is 32.1. The minimum Gasteiger partial charge on any atom is -0.245 e. The molecule has 1 heterocycles. The summed E-state index contributed by atoms with van der Waals surface area (Å²) < 4.78 is 0. The molecule has 3 rings (SSSR count). The van der Waals surface area contributed by atoms with Gasteiger partial charge >= 0.3 is 0 Å². The summed E-state index contributed by atoms with van der Waals surface area (Å²) >= 11 is 1.69. The van der Waals surface area contributed by atoms with E-state index in [0.717, 1.165) is 5.01 Å². The van der Waals surface area contributed by atoms with Gasteiger partial charge in [0.05, 0.1) is 0 Å². The van der Waals surface area contributed by atoms with Gasteiger partial charge in [-0.05, 0) is 23.6 Å². The van der Waals surface area contributed by atoms with Crippen LogP contribution in [0.4, 0.5) is 0 Å². The van der Waals surface area contributed by atoms with E-state index in [1.807, 2.05) is 17.6 Å². The maximum Gasteiger partial charge on any atom is 0.124 e. The Labute approximate surface area is 111 Å². The van der Waals surface area contributed by atoms with E-state index in [1.54, 1.807) is 11.3 Å². The number of hydrogen-bond donors (Lipinski definition) is 0. The van der Waals surface area contributed by atoms with Gasteiger partial charge in [0.15, 0.2) is 0 Å². The third-order valence-corrected chi connectivity index (χ3v) is 3.79. The molecule has 1 nitrogen and oxygen atoms in total. The lowest BCUT2D eigenvalue weighted by Gasteiger charge is -2.10. The van der Waals surface area contributed by atoms with Gasteiger partial charge < -0.3 is 0 Å². The molecule has 2 aromatic carbocycles. The van der Waals surface area contributed by atoms with E-state index in [0.29, 0.717) is 0 Å². The summed E-state index contributed by atoms with van der Waals surface area (Å²) in [6.07, 6.45) is 1.86. The quantitative estimate of drug-likeness (QED) is 0.638. The number of aromatic nitrogens is 1. The van der Waals surface area contributed by atoms with Crippen molar-refractivity contribution < 1.29 is 0 Å². The summed E-state index contributed by atoms with van der Waals surface area (Å²) in [5, 5.41) is 3.11. The van der Waals surface area contributed by atoms with E-state index in [4.69, 9.17) is 0 Å². The van der Waals surface area contributed by atoms with Crippen LogP contribution in [-0.4, -0.2) is 4.98 Å². The van der Waals surface area contributed by atoms with Gasteiger partial charge in [-0.25, -0.2) is 4.98 Å². The second-order valence-corrected chi connectivity index (χ2v) is 5.10. The summed E-state index contributed by atoms with van der Waals surface area (Å²) in [4.78, 5) is 4.45. The third kappa shape index (κ3) is 1.95. The molecule has 0 amide bonds. The molecule has 0 saturated heterocycles. The molecule has 0 bridgehead atoms. The van der Waals surface area contributed by atoms with Crippen LogP contribution in [0.1, 0.15) is 5.56 Å². The molecule has 18 heavy (non-hydrogen) atoms. The van der Waals surface area contributed by atoms with Gasteiger partial charge in [0.1, 0.15) is 5.01 Å². The molecular weight excluding hydrogens is 238 g/mol. The first-order chi connectivity index (χ1) is 8.86. The van der Waals surface area contributed by atoms with Crippen molar-refractivity contribution >= 4 is 11.3 Å². The van der Waals surface area contributed by atoms with Crippen LogP contribution in [0.2, 0.25) is 0 Å². The first-order valence-corrected chi connectivity index (χ1v) is 6.79. The Morgan fingerprint density at radius 2 is 1.78 bits per heavy atom. The second kappa shape index (κ2) is 4.75. The SMILES string of the molecule is Cc1cccc(-c2ccccc2)c1-c1nccs1. The first kappa shape index (κ1) is 11.2. The average Bonchev–Trinajstić information content (AvgIpc) is 2.93. The fraction of sp³-hybridized carbons (Fsp3) is 0.0625. The van der Waals surface area contributed by atoms with Crippen LogP contribution in [0.15, 0.2) is 60.1 Å². The number of benzene rings is 2. The molecule has 0 aliphatic rings. The van der Waals surface area contributed by atoms with Gasteiger partial charge in [0.2, 0.25) is 0 Å². The lowest BCUT2D eigenvalue weighted by Crippen LogP contribution is -1.88. The lowest BCUT2D eigenvalue weighted by atomic mass is 9.96. The van der Waals surface area contributed by atoms with Gasteiger partial charge in [-0.3, -0.25) is 0 Å². The fourth-order valence-electron chi connectivity index (χ4n) is 2.16. The zero-order valence-electron chi connectivity index (χ0n) is 10.1. The molecule has 88 valence electrons. The molecule has 0 saturated carbocycles. The lowest BCUT2D eigenvalue weighted by molar-refractivity contribution is 1.38. The highest BCUT2D eigenvalue weighted by molar-refractivity contribution is 7.13. The van der Waals surface area contributed by atoms with Crippen LogP contribution in [0, 0.1) is 6.92 Å². The standard InChI is InChI=1S/C16H13NS/c1-12-6-5-9-14(13-7-3-2-4-8-13)15(12)16-17-10-11-18-16/h2-11H,1H3. The number of hydrogen-bond acceptors (Lipinski definition) is 2. The maximum atomic E-state index is 4.45. The third-order valence-electron chi connectivity index (χ3n) is 3.00. The van der Waals surface area contributed by atoms with Crippen LogP contribution < -0.4 is 0 Å². The van der Waals surface area contributed by atoms with Crippen LogP contribution in [-0.2, 0) is 0 Å². The van der Waals surface area contributed by atoms with Gasteiger partial charge in [0, 0.05) is 17.1 Å². The summed E-state index contributed by atoms with van der Waals surface area (Å²) in [5.41, 5.74) is 5.02. The van der Waals surface area contributed by atoms with E-state index < -0.39 is 0 Å². The summed E-state index contributed by atoms with van der Waals surface area (Å²) in [7, 11) is 0. The Morgan fingerprint density at radius 3 is 2.50 bits per heavy atom. The van der Waals surface area contributed by atoms with Crippen LogP contribution >= 0.6 is 11.3 Å². The number of thiazole rings is 1.